The molecule has 0 saturated heterocycles. The average molecular weight is 735 g/mol. The molecule has 0 amide bonds. The van der Waals surface area contributed by atoms with Gasteiger partial charge in [0, 0.05) is 10.5 Å². The molecule has 8 nitrogen and oxygen atoms in total. The molecule has 3 aromatic carbocycles. The van der Waals surface area contributed by atoms with Gasteiger partial charge in [-0.1, -0.05) is 96.5 Å². The number of nitro groups is 1. The average Bonchev–Trinajstić information content (AvgIpc) is 3.93. The van der Waals surface area contributed by atoms with Crippen LogP contribution in [0.25, 0.3) is 68.6 Å². The molecule has 0 saturated carbocycles. The number of non-ortho nitro benzene ring substituents is 1. The van der Waals surface area contributed by atoms with Gasteiger partial charge in [0.05, 0.1) is 28.1 Å². The monoisotopic (exact) mass is 733 g/mol. The van der Waals surface area contributed by atoms with E-state index in [4.69, 9.17) is 24.7 Å². The van der Waals surface area contributed by atoms with Crippen LogP contribution in [0.2, 0.25) is 0 Å². The van der Waals surface area contributed by atoms with Gasteiger partial charge in [-0.05, 0) is 68.6 Å². The van der Waals surface area contributed by atoms with Gasteiger partial charge in [0.1, 0.15) is 17.2 Å². The van der Waals surface area contributed by atoms with Crippen LogP contribution in [-0.2, 0) is 16.5 Å². The summed E-state index contributed by atoms with van der Waals surface area (Å²) in [6, 6.07) is 33.8. The van der Waals surface area contributed by atoms with Crippen molar-refractivity contribution in [3.8, 4) is 33.8 Å². The van der Waals surface area contributed by atoms with Crippen LogP contribution in [0.5, 0.6) is 11.5 Å². The maximum Gasteiger partial charge on any atom is 2.00 e. The molecule has 0 spiro atoms. The Morgan fingerprint density at radius 1 is 0.604 bits per heavy atom. The van der Waals surface area contributed by atoms with Gasteiger partial charge < -0.3 is 14.7 Å². The number of rotatable bonds is 5. The number of benzene rings is 3. The van der Waals surface area contributed by atoms with E-state index in [1.807, 2.05) is 109 Å². The van der Waals surface area contributed by atoms with Crippen LogP contribution in [0.1, 0.15) is 22.8 Å². The first-order valence-electron chi connectivity index (χ1n) is 14.8. The number of fused-ring (bicyclic) bond motifs is 8. The van der Waals surface area contributed by atoms with E-state index in [2.05, 4.69) is 15.9 Å². The molecule has 6 aromatic rings. The van der Waals surface area contributed by atoms with Crippen LogP contribution in [0, 0.1) is 10.1 Å². The molecule has 0 atom stereocenters. The summed E-state index contributed by atoms with van der Waals surface area (Å²) in [6.45, 7) is 0. The second-order valence-electron chi connectivity index (χ2n) is 10.8. The van der Waals surface area contributed by atoms with Gasteiger partial charge in [-0.2, -0.15) is 0 Å². The first-order valence-corrected chi connectivity index (χ1v) is 15.6. The minimum Gasteiger partial charge on any atom is -0.656 e. The van der Waals surface area contributed by atoms with Crippen molar-refractivity contribution >= 4 is 68.0 Å². The molecular weight excluding hydrogens is 713 g/mol. The SMILES string of the molecule is O=[N+]([O-])c1cccc(Oc2c3nc(c(-c4ccccc4)c4ccc([n-]4)c(Br)c4nc(c(-c5ccccc5)c5ccc2[n-]5)C=C4)C=C3)c1.[Ni+2]. The standard InChI is InChI=1S/C38H22BrN5O3.Ni/c39-37-31-18-14-27(40-31)35(23-8-3-1-4-9-23)29-16-20-33(42-29)38(47-26-13-7-12-25(22-26)44(45)46)34-21-17-30(43-34)36(24-10-5-2-6-11-24)28-15-19-32(37)41-28;/h1-22H;/q-2;+2. The molecule has 0 aliphatic carbocycles. The van der Waals surface area contributed by atoms with E-state index in [0.29, 0.717) is 33.9 Å². The smallest absolute Gasteiger partial charge is 0.656 e. The molecule has 8 rings (SSSR count). The fourth-order valence-corrected chi connectivity index (χ4v) is 6.15. The Hall–Kier alpha value is -5.57. The first kappa shape index (κ1) is 31.1. The van der Waals surface area contributed by atoms with Gasteiger partial charge in [0.2, 0.25) is 0 Å². The summed E-state index contributed by atoms with van der Waals surface area (Å²) in [4.78, 5) is 31.3. The Bertz CT molecular complexity index is 2400. The Balaban J connectivity index is 0.00000364. The summed E-state index contributed by atoms with van der Waals surface area (Å²) in [5, 5.41) is 11.6. The van der Waals surface area contributed by atoms with Crippen LogP contribution in [-0.4, -0.2) is 14.9 Å². The van der Waals surface area contributed by atoms with Crippen LogP contribution >= 0.6 is 15.9 Å². The second kappa shape index (κ2) is 12.9. The van der Waals surface area contributed by atoms with Gasteiger partial charge >= 0.3 is 16.5 Å². The Morgan fingerprint density at radius 3 is 1.75 bits per heavy atom. The molecular formula is C38H22BrN5NiO3. The molecule has 10 heteroatoms. The third kappa shape index (κ3) is 5.76. The topological polar surface area (TPSA) is 106 Å². The van der Waals surface area contributed by atoms with Gasteiger partial charge in [-0.3, -0.25) is 10.1 Å². The summed E-state index contributed by atoms with van der Waals surface area (Å²) < 4.78 is 7.20. The maximum absolute atomic E-state index is 11.6. The molecule has 8 bridgehead atoms. The van der Waals surface area contributed by atoms with Gasteiger partial charge in [-0.25, -0.2) is 9.97 Å². The van der Waals surface area contributed by atoms with Gasteiger partial charge in [-0.15, -0.1) is 16.6 Å². The van der Waals surface area contributed by atoms with Crippen molar-refractivity contribution in [2.24, 2.45) is 0 Å². The van der Waals surface area contributed by atoms with Gasteiger partial charge in [0.25, 0.3) is 5.69 Å². The minimum atomic E-state index is -0.450. The van der Waals surface area contributed by atoms with Crippen molar-refractivity contribution < 1.29 is 26.2 Å². The van der Waals surface area contributed by atoms with E-state index in [1.165, 1.54) is 12.1 Å². The van der Waals surface area contributed by atoms with E-state index in [-0.39, 0.29) is 22.2 Å². The predicted molar refractivity (Wildman–Crippen MR) is 189 cm³/mol. The summed E-state index contributed by atoms with van der Waals surface area (Å²) in [5.41, 5.74) is 8.91. The molecule has 234 valence electrons. The molecule has 2 aliphatic heterocycles. The van der Waals surface area contributed by atoms with Gasteiger partial charge in [0.15, 0.2) is 0 Å². The maximum atomic E-state index is 11.6. The molecule has 0 radical (unpaired) electrons. The quantitative estimate of drug-likeness (QED) is 0.0985. The Morgan fingerprint density at radius 2 is 1.12 bits per heavy atom. The first-order chi connectivity index (χ1) is 23.0. The number of hydrogen-bond acceptors (Lipinski definition) is 5. The van der Waals surface area contributed by atoms with Crippen molar-refractivity contribution in [2.75, 3.05) is 0 Å². The van der Waals surface area contributed by atoms with Crippen molar-refractivity contribution in [3.63, 3.8) is 0 Å². The number of halogens is 1. The fraction of sp³-hybridized carbons (Fsp3) is 0. The summed E-state index contributed by atoms with van der Waals surface area (Å²) >= 11 is 3.78. The van der Waals surface area contributed by atoms with E-state index in [9.17, 15) is 10.1 Å². The minimum absolute atomic E-state index is 0. The van der Waals surface area contributed by atoms with Crippen molar-refractivity contribution in [3.05, 3.63) is 147 Å². The molecule has 0 fully saturated rings. The van der Waals surface area contributed by atoms with E-state index in [1.54, 1.807) is 12.1 Å². The zero-order valence-electron chi connectivity index (χ0n) is 24.9. The third-order valence-corrected chi connectivity index (χ3v) is 8.69. The zero-order chi connectivity index (χ0) is 31.9. The number of nitro benzene ring substituents is 1. The largest absolute Gasteiger partial charge is 2.00 e. The fourth-order valence-electron chi connectivity index (χ4n) is 5.71. The molecule has 0 unspecified atom stereocenters. The molecule has 48 heavy (non-hydrogen) atoms. The molecule has 2 aliphatic rings. The molecule has 0 N–H and O–H groups in total. The summed E-state index contributed by atoms with van der Waals surface area (Å²) in [6.07, 6.45) is 7.74. The van der Waals surface area contributed by atoms with Crippen molar-refractivity contribution in [1.82, 2.24) is 19.9 Å². The summed E-state index contributed by atoms with van der Waals surface area (Å²) in [5.74, 6) is 0.653. The molecule has 5 heterocycles. The zero-order valence-corrected chi connectivity index (χ0v) is 27.4. The third-order valence-electron chi connectivity index (χ3n) is 7.87. The molecule has 3 aromatic heterocycles. The van der Waals surface area contributed by atoms with E-state index in [0.717, 1.165) is 49.1 Å². The van der Waals surface area contributed by atoms with Crippen LogP contribution in [0.15, 0.2) is 114 Å². The number of aromatic nitrogens is 4. The predicted octanol–water partition coefficient (Wildman–Crippen LogP) is 9.71. The number of hydrogen-bond donors (Lipinski definition) is 0. The Kier molecular flexibility index (Phi) is 8.35. The summed E-state index contributed by atoms with van der Waals surface area (Å²) in [7, 11) is 0. The van der Waals surface area contributed by atoms with E-state index < -0.39 is 4.92 Å². The van der Waals surface area contributed by atoms with Crippen LogP contribution < -0.4 is 14.7 Å². The Labute approximate surface area is 293 Å². The number of nitrogens with zero attached hydrogens (tertiary/aromatic N) is 5. The second-order valence-corrected chi connectivity index (χ2v) is 11.6. The van der Waals surface area contributed by atoms with Crippen LogP contribution in [0.3, 0.4) is 0 Å². The normalized spacial score (nSPS) is 11.7. The number of ether oxygens (including phenoxy) is 1. The van der Waals surface area contributed by atoms with Crippen molar-refractivity contribution in [2.45, 2.75) is 0 Å². The van der Waals surface area contributed by atoms with E-state index >= 15 is 0 Å². The van der Waals surface area contributed by atoms with Crippen LogP contribution in [0.4, 0.5) is 5.69 Å². The van der Waals surface area contributed by atoms with Crippen molar-refractivity contribution in [1.29, 1.82) is 0 Å².